The number of fused-ring (bicyclic) bond motifs is 1. The lowest BCUT2D eigenvalue weighted by Gasteiger charge is -2.13. The van der Waals surface area contributed by atoms with Crippen LogP contribution < -0.4 is 5.32 Å². The summed E-state index contributed by atoms with van der Waals surface area (Å²) >= 11 is 0. The predicted octanol–water partition coefficient (Wildman–Crippen LogP) is 4.77. The van der Waals surface area contributed by atoms with Crippen LogP contribution in [0, 0.1) is 20.8 Å². The Hall–Kier alpha value is -2.35. The van der Waals surface area contributed by atoms with Gasteiger partial charge >= 0.3 is 0 Å². The van der Waals surface area contributed by atoms with Gasteiger partial charge in [-0.1, -0.05) is 29.8 Å². The monoisotopic (exact) mass is 276 g/mol. The van der Waals surface area contributed by atoms with E-state index in [1.807, 2.05) is 12.3 Å². The van der Waals surface area contributed by atoms with E-state index in [0.717, 1.165) is 17.7 Å². The maximum absolute atomic E-state index is 4.49. The Kier molecular flexibility index (Phi) is 3.61. The van der Waals surface area contributed by atoms with Crippen molar-refractivity contribution in [2.75, 3.05) is 5.32 Å². The van der Waals surface area contributed by atoms with E-state index >= 15 is 0 Å². The predicted molar refractivity (Wildman–Crippen MR) is 89.7 cm³/mol. The number of anilines is 1. The molecule has 3 rings (SSSR count). The SMILES string of the molecule is Cc1ccc(C)c(CNc2ccc(C)c3ncccc23)c1. The molecule has 0 atom stereocenters. The molecule has 106 valence electrons. The van der Waals surface area contributed by atoms with Crippen LogP contribution in [0.25, 0.3) is 10.9 Å². The molecular weight excluding hydrogens is 256 g/mol. The summed E-state index contributed by atoms with van der Waals surface area (Å²) in [4.78, 5) is 4.49. The largest absolute Gasteiger partial charge is 0.380 e. The number of benzene rings is 2. The number of pyridine rings is 1. The molecule has 1 aromatic heterocycles. The molecular formula is C19H20N2. The van der Waals surface area contributed by atoms with Crippen molar-refractivity contribution in [2.45, 2.75) is 27.3 Å². The van der Waals surface area contributed by atoms with Crippen LogP contribution in [0.5, 0.6) is 0 Å². The van der Waals surface area contributed by atoms with Gasteiger partial charge in [0.2, 0.25) is 0 Å². The number of aromatic nitrogens is 1. The first-order valence-electron chi connectivity index (χ1n) is 7.29. The van der Waals surface area contributed by atoms with Crippen molar-refractivity contribution in [1.82, 2.24) is 4.98 Å². The maximum Gasteiger partial charge on any atom is 0.0751 e. The van der Waals surface area contributed by atoms with Gasteiger partial charge in [0.05, 0.1) is 5.52 Å². The zero-order chi connectivity index (χ0) is 14.8. The first kappa shape index (κ1) is 13.6. The zero-order valence-electron chi connectivity index (χ0n) is 12.8. The third kappa shape index (κ3) is 2.75. The summed E-state index contributed by atoms with van der Waals surface area (Å²) in [5, 5.41) is 4.74. The van der Waals surface area contributed by atoms with E-state index in [1.54, 1.807) is 0 Å². The van der Waals surface area contributed by atoms with Crippen LogP contribution in [0.3, 0.4) is 0 Å². The second-order valence-electron chi connectivity index (χ2n) is 5.61. The minimum atomic E-state index is 0.834. The Bertz CT molecular complexity index is 791. The molecule has 2 nitrogen and oxygen atoms in total. The molecule has 0 amide bonds. The van der Waals surface area contributed by atoms with Crippen molar-refractivity contribution in [1.29, 1.82) is 0 Å². The van der Waals surface area contributed by atoms with Gasteiger partial charge in [0.1, 0.15) is 0 Å². The fourth-order valence-corrected chi connectivity index (χ4v) is 2.65. The van der Waals surface area contributed by atoms with E-state index in [2.05, 4.69) is 67.5 Å². The fourth-order valence-electron chi connectivity index (χ4n) is 2.65. The van der Waals surface area contributed by atoms with Gasteiger partial charge in [-0.2, -0.15) is 0 Å². The highest BCUT2D eigenvalue weighted by atomic mass is 14.9. The maximum atomic E-state index is 4.49. The van der Waals surface area contributed by atoms with Gasteiger partial charge < -0.3 is 5.32 Å². The van der Waals surface area contributed by atoms with Crippen molar-refractivity contribution >= 4 is 16.6 Å². The summed E-state index contributed by atoms with van der Waals surface area (Å²) in [5.41, 5.74) is 7.39. The van der Waals surface area contributed by atoms with Gasteiger partial charge in [-0.25, -0.2) is 0 Å². The highest BCUT2D eigenvalue weighted by Gasteiger charge is 2.05. The summed E-state index contributed by atoms with van der Waals surface area (Å²) in [6.45, 7) is 7.23. The highest BCUT2D eigenvalue weighted by molar-refractivity contribution is 5.93. The lowest BCUT2D eigenvalue weighted by atomic mass is 10.0. The molecule has 0 radical (unpaired) electrons. The van der Waals surface area contributed by atoms with Crippen molar-refractivity contribution in [2.24, 2.45) is 0 Å². The van der Waals surface area contributed by atoms with Crippen molar-refractivity contribution < 1.29 is 0 Å². The van der Waals surface area contributed by atoms with E-state index in [-0.39, 0.29) is 0 Å². The molecule has 1 heterocycles. The average molecular weight is 276 g/mol. The molecule has 0 saturated carbocycles. The van der Waals surface area contributed by atoms with Crippen LogP contribution in [-0.4, -0.2) is 4.98 Å². The first-order valence-corrected chi connectivity index (χ1v) is 7.29. The molecule has 2 heteroatoms. The Morgan fingerprint density at radius 2 is 1.76 bits per heavy atom. The minimum Gasteiger partial charge on any atom is -0.380 e. The standard InChI is InChI=1S/C19H20N2/c1-13-6-7-14(2)16(11-13)12-21-18-9-8-15(3)19-17(18)5-4-10-20-19/h4-11,21H,12H2,1-3H3. The van der Waals surface area contributed by atoms with Gasteiger partial charge in [0.15, 0.2) is 0 Å². The smallest absolute Gasteiger partial charge is 0.0751 e. The Morgan fingerprint density at radius 3 is 2.62 bits per heavy atom. The van der Waals surface area contributed by atoms with E-state index < -0.39 is 0 Å². The van der Waals surface area contributed by atoms with Gasteiger partial charge in [0, 0.05) is 23.8 Å². The summed E-state index contributed by atoms with van der Waals surface area (Å²) in [6, 6.07) is 15.0. The summed E-state index contributed by atoms with van der Waals surface area (Å²) in [7, 11) is 0. The second kappa shape index (κ2) is 5.57. The number of nitrogens with one attached hydrogen (secondary N) is 1. The molecule has 0 aliphatic rings. The van der Waals surface area contributed by atoms with Crippen LogP contribution in [0.15, 0.2) is 48.7 Å². The quantitative estimate of drug-likeness (QED) is 0.745. The average Bonchev–Trinajstić information content (AvgIpc) is 2.50. The van der Waals surface area contributed by atoms with Crippen LogP contribution in [0.4, 0.5) is 5.69 Å². The van der Waals surface area contributed by atoms with E-state index in [9.17, 15) is 0 Å². The van der Waals surface area contributed by atoms with Crippen LogP contribution in [0.1, 0.15) is 22.3 Å². The molecule has 0 aliphatic heterocycles. The third-order valence-electron chi connectivity index (χ3n) is 3.95. The molecule has 0 unspecified atom stereocenters. The highest BCUT2D eigenvalue weighted by Crippen LogP contribution is 2.25. The molecule has 2 aromatic carbocycles. The Labute approximate surface area is 125 Å². The summed E-state index contributed by atoms with van der Waals surface area (Å²) in [6.07, 6.45) is 1.85. The van der Waals surface area contributed by atoms with E-state index in [4.69, 9.17) is 0 Å². The molecule has 0 bridgehead atoms. The third-order valence-corrected chi connectivity index (χ3v) is 3.95. The van der Waals surface area contributed by atoms with Crippen LogP contribution >= 0.6 is 0 Å². The van der Waals surface area contributed by atoms with Crippen LogP contribution in [-0.2, 0) is 6.54 Å². The van der Waals surface area contributed by atoms with E-state index in [1.165, 1.54) is 27.6 Å². The van der Waals surface area contributed by atoms with Crippen molar-refractivity contribution in [3.8, 4) is 0 Å². The van der Waals surface area contributed by atoms with Crippen molar-refractivity contribution in [3.05, 3.63) is 70.9 Å². The number of rotatable bonds is 3. The molecule has 0 fully saturated rings. The Balaban J connectivity index is 1.92. The van der Waals surface area contributed by atoms with Crippen LogP contribution in [0.2, 0.25) is 0 Å². The van der Waals surface area contributed by atoms with Gasteiger partial charge in [0.25, 0.3) is 0 Å². The topological polar surface area (TPSA) is 24.9 Å². The van der Waals surface area contributed by atoms with Gasteiger partial charge in [-0.05, 0) is 55.7 Å². The molecule has 0 spiro atoms. The number of aryl methyl sites for hydroxylation is 3. The summed E-state index contributed by atoms with van der Waals surface area (Å²) in [5.74, 6) is 0. The fraction of sp³-hybridized carbons (Fsp3) is 0.211. The Morgan fingerprint density at radius 1 is 0.952 bits per heavy atom. The minimum absolute atomic E-state index is 0.834. The number of hydrogen-bond acceptors (Lipinski definition) is 2. The molecule has 0 saturated heterocycles. The normalized spacial score (nSPS) is 10.8. The van der Waals surface area contributed by atoms with E-state index in [0.29, 0.717) is 0 Å². The number of nitrogens with zero attached hydrogens (tertiary/aromatic N) is 1. The zero-order valence-corrected chi connectivity index (χ0v) is 12.8. The van der Waals surface area contributed by atoms with Gasteiger partial charge in [-0.15, -0.1) is 0 Å². The lowest BCUT2D eigenvalue weighted by Crippen LogP contribution is -2.02. The molecule has 1 N–H and O–H groups in total. The number of hydrogen-bond donors (Lipinski definition) is 1. The van der Waals surface area contributed by atoms with Gasteiger partial charge in [-0.3, -0.25) is 4.98 Å². The molecule has 3 aromatic rings. The molecule has 0 aliphatic carbocycles. The molecule has 21 heavy (non-hydrogen) atoms. The summed E-state index contributed by atoms with van der Waals surface area (Å²) < 4.78 is 0. The second-order valence-corrected chi connectivity index (χ2v) is 5.61. The van der Waals surface area contributed by atoms with Crippen molar-refractivity contribution in [3.63, 3.8) is 0 Å². The first-order chi connectivity index (χ1) is 10.1. The lowest BCUT2D eigenvalue weighted by molar-refractivity contribution is 1.11.